The highest BCUT2D eigenvalue weighted by Gasteiger charge is 2.39. The summed E-state index contributed by atoms with van der Waals surface area (Å²) in [6.07, 6.45) is 5.56. The summed E-state index contributed by atoms with van der Waals surface area (Å²) in [5, 5.41) is 5.18. The van der Waals surface area contributed by atoms with Crippen LogP contribution in [0.2, 0.25) is 0 Å². The van der Waals surface area contributed by atoms with Crippen molar-refractivity contribution >= 4 is 23.8 Å². The number of piperidine rings is 1. The molecule has 0 saturated carbocycles. The van der Waals surface area contributed by atoms with Gasteiger partial charge in [-0.15, -0.1) is 0 Å². The minimum absolute atomic E-state index is 0.210. The minimum atomic E-state index is -0.662. The van der Waals surface area contributed by atoms with E-state index in [1.807, 2.05) is 25.3 Å². The Morgan fingerprint density at radius 1 is 1.08 bits per heavy atom. The van der Waals surface area contributed by atoms with Crippen LogP contribution in [0.3, 0.4) is 0 Å². The van der Waals surface area contributed by atoms with E-state index in [1.165, 1.54) is 16.9 Å². The average Bonchev–Trinajstić information content (AvgIpc) is 3.19. The predicted octanol–water partition coefficient (Wildman–Crippen LogP) is 3.27. The second-order valence-electron chi connectivity index (χ2n) is 9.81. The molecule has 1 aromatic heterocycles. The molecule has 3 atom stereocenters. The third kappa shape index (κ3) is 4.69. The Morgan fingerprint density at radius 3 is 2.69 bits per heavy atom. The molecule has 36 heavy (non-hydrogen) atoms. The SMILES string of the molecule is CC(NC(=O)OC(C)c1ccc2c(c1)C(=O)N(C1CCC(=O)NC1=O)C2)c1cnc2c(c1)CCCC2. The first kappa shape index (κ1) is 24.0. The molecule has 9 nitrogen and oxygen atoms in total. The monoisotopic (exact) mass is 490 g/mol. The summed E-state index contributed by atoms with van der Waals surface area (Å²) in [5.41, 5.74) is 5.32. The number of hydrogen-bond acceptors (Lipinski definition) is 6. The number of rotatable bonds is 5. The van der Waals surface area contributed by atoms with E-state index in [4.69, 9.17) is 4.74 Å². The Labute approximate surface area is 209 Å². The molecule has 2 aromatic rings. The van der Waals surface area contributed by atoms with Crippen molar-refractivity contribution in [2.24, 2.45) is 0 Å². The van der Waals surface area contributed by atoms with Crippen molar-refractivity contribution < 1.29 is 23.9 Å². The molecule has 5 rings (SSSR count). The van der Waals surface area contributed by atoms with Gasteiger partial charge in [0, 0.05) is 30.4 Å². The van der Waals surface area contributed by atoms with Gasteiger partial charge in [-0.3, -0.25) is 24.7 Å². The fraction of sp³-hybridized carbons (Fsp3) is 0.444. The third-order valence-electron chi connectivity index (χ3n) is 7.33. The van der Waals surface area contributed by atoms with Crippen LogP contribution in [0.5, 0.6) is 0 Å². The lowest BCUT2D eigenvalue weighted by molar-refractivity contribution is -0.136. The number of fused-ring (bicyclic) bond motifs is 2. The molecule has 1 saturated heterocycles. The molecule has 3 unspecified atom stereocenters. The van der Waals surface area contributed by atoms with Gasteiger partial charge in [0.25, 0.3) is 5.91 Å². The fourth-order valence-corrected chi connectivity index (χ4v) is 5.19. The van der Waals surface area contributed by atoms with Crippen molar-refractivity contribution in [2.45, 2.75) is 77.1 Å². The van der Waals surface area contributed by atoms with Crippen molar-refractivity contribution in [3.8, 4) is 0 Å². The second-order valence-corrected chi connectivity index (χ2v) is 9.81. The van der Waals surface area contributed by atoms with Gasteiger partial charge in [-0.25, -0.2) is 4.79 Å². The van der Waals surface area contributed by atoms with E-state index in [0.29, 0.717) is 24.1 Å². The van der Waals surface area contributed by atoms with E-state index in [1.54, 1.807) is 13.0 Å². The zero-order valence-electron chi connectivity index (χ0n) is 20.5. The van der Waals surface area contributed by atoms with Crippen molar-refractivity contribution in [3.05, 3.63) is 64.0 Å². The number of imide groups is 1. The Hall–Kier alpha value is -3.75. The highest BCUT2D eigenvalue weighted by Crippen LogP contribution is 2.30. The maximum Gasteiger partial charge on any atom is 0.408 e. The molecule has 0 bridgehead atoms. The number of ether oxygens (including phenoxy) is 1. The van der Waals surface area contributed by atoms with Gasteiger partial charge >= 0.3 is 6.09 Å². The summed E-state index contributed by atoms with van der Waals surface area (Å²) < 4.78 is 5.61. The predicted molar refractivity (Wildman–Crippen MR) is 130 cm³/mol. The van der Waals surface area contributed by atoms with Crippen LogP contribution in [0, 0.1) is 0 Å². The molecule has 4 amide bonds. The lowest BCUT2D eigenvalue weighted by Crippen LogP contribution is -2.52. The number of pyridine rings is 1. The highest BCUT2D eigenvalue weighted by atomic mass is 16.6. The maximum absolute atomic E-state index is 13.1. The Bertz CT molecular complexity index is 1240. The van der Waals surface area contributed by atoms with Crippen LogP contribution in [0.1, 0.15) is 90.0 Å². The summed E-state index contributed by atoms with van der Waals surface area (Å²) >= 11 is 0. The smallest absolute Gasteiger partial charge is 0.408 e. The van der Waals surface area contributed by atoms with E-state index < -0.39 is 24.1 Å². The quantitative estimate of drug-likeness (QED) is 0.621. The van der Waals surface area contributed by atoms with Crippen LogP contribution in [-0.2, 0) is 33.7 Å². The van der Waals surface area contributed by atoms with E-state index in [2.05, 4.69) is 21.7 Å². The van der Waals surface area contributed by atoms with Crippen molar-refractivity contribution in [1.29, 1.82) is 0 Å². The zero-order valence-corrected chi connectivity index (χ0v) is 20.5. The van der Waals surface area contributed by atoms with Crippen LogP contribution in [0.4, 0.5) is 4.79 Å². The molecular weight excluding hydrogens is 460 g/mol. The highest BCUT2D eigenvalue weighted by molar-refractivity contribution is 6.05. The first-order valence-electron chi connectivity index (χ1n) is 12.5. The van der Waals surface area contributed by atoms with Crippen LogP contribution in [-0.4, -0.2) is 39.7 Å². The molecule has 0 spiro atoms. The summed E-state index contributed by atoms with van der Waals surface area (Å²) in [5.74, 6) is -1.01. The molecule has 0 radical (unpaired) electrons. The number of nitrogens with zero attached hydrogens (tertiary/aromatic N) is 2. The molecule has 2 N–H and O–H groups in total. The molecule has 9 heteroatoms. The van der Waals surface area contributed by atoms with Crippen LogP contribution in [0.25, 0.3) is 0 Å². The molecule has 3 heterocycles. The number of carbonyl (C=O) groups excluding carboxylic acids is 4. The van der Waals surface area contributed by atoms with Gasteiger partial charge in [0.2, 0.25) is 11.8 Å². The summed E-state index contributed by atoms with van der Waals surface area (Å²) in [6, 6.07) is 6.58. The van der Waals surface area contributed by atoms with E-state index >= 15 is 0 Å². The molecule has 1 aliphatic carbocycles. The topological polar surface area (TPSA) is 118 Å². The maximum atomic E-state index is 13.1. The standard InChI is InChI=1S/C27H30N4O5/c1-15(20-11-18-5-3-4-6-22(18)28-13-20)29-27(35)36-16(2)17-7-8-19-14-31(26(34)21(19)12-17)23-9-10-24(32)30-25(23)33/h7-8,11-13,15-16,23H,3-6,9-10,14H2,1-2H3,(H,29,35)(H,30,32,33). The normalized spacial score (nSPS) is 20.8. The number of nitrogens with one attached hydrogen (secondary N) is 2. The molecule has 1 fully saturated rings. The lowest BCUT2D eigenvalue weighted by atomic mass is 9.94. The van der Waals surface area contributed by atoms with Gasteiger partial charge in [-0.2, -0.15) is 0 Å². The van der Waals surface area contributed by atoms with Crippen LogP contribution in [0.15, 0.2) is 30.5 Å². The number of aromatic nitrogens is 1. The Morgan fingerprint density at radius 2 is 1.89 bits per heavy atom. The fourth-order valence-electron chi connectivity index (χ4n) is 5.19. The molecule has 2 aliphatic heterocycles. The van der Waals surface area contributed by atoms with Crippen LogP contribution >= 0.6 is 0 Å². The number of amides is 4. The van der Waals surface area contributed by atoms with Crippen LogP contribution < -0.4 is 10.6 Å². The number of carbonyl (C=O) groups is 4. The van der Waals surface area contributed by atoms with E-state index in [-0.39, 0.29) is 24.3 Å². The van der Waals surface area contributed by atoms with Gasteiger partial charge in [0.15, 0.2) is 0 Å². The van der Waals surface area contributed by atoms with Crippen molar-refractivity contribution in [2.75, 3.05) is 0 Å². The van der Waals surface area contributed by atoms with Gasteiger partial charge in [-0.1, -0.05) is 18.2 Å². The summed E-state index contributed by atoms with van der Waals surface area (Å²) in [7, 11) is 0. The lowest BCUT2D eigenvalue weighted by Gasteiger charge is -2.29. The van der Waals surface area contributed by atoms with Crippen molar-refractivity contribution in [1.82, 2.24) is 20.5 Å². The molecular formula is C27H30N4O5. The first-order chi connectivity index (χ1) is 17.3. The third-order valence-corrected chi connectivity index (χ3v) is 7.33. The minimum Gasteiger partial charge on any atom is -0.442 e. The largest absolute Gasteiger partial charge is 0.442 e. The van der Waals surface area contributed by atoms with Gasteiger partial charge in [0.1, 0.15) is 12.1 Å². The number of aryl methyl sites for hydroxylation is 2. The first-order valence-corrected chi connectivity index (χ1v) is 12.5. The zero-order chi connectivity index (χ0) is 25.4. The average molecular weight is 491 g/mol. The van der Waals surface area contributed by atoms with Crippen molar-refractivity contribution in [3.63, 3.8) is 0 Å². The Kier molecular flexibility index (Phi) is 6.47. The van der Waals surface area contributed by atoms with E-state index in [0.717, 1.165) is 36.1 Å². The van der Waals surface area contributed by atoms with E-state index in [9.17, 15) is 19.2 Å². The summed E-state index contributed by atoms with van der Waals surface area (Å²) in [6.45, 7) is 3.96. The molecule has 3 aliphatic rings. The number of hydrogen-bond donors (Lipinski definition) is 2. The summed E-state index contributed by atoms with van der Waals surface area (Å²) in [4.78, 5) is 55.5. The number of alkyl carbamates (subject to hydrolysis) is 1. The second kappa shape index (κ2) is 9.72. The Balaban J connectivity index is 1.21. The molecule has 188 valence electrons. The molecule has 1 aromatic carbocycles. The van der Waals surface area contributed by atoms with Gasteiger partial charge in [-0.05, 0) is 74.3 Å². The van der Waals surface area contributed by atoms with Gasteiger partial charge in [0.05, 0.1) is 6.04 Å². The van der Waals surface area contributed by atoms with Gasteiger partial charge < -0.3 is 15.0 Å². The number of benzene rings is 1.